The summed E-state index contributed by atoms with van der Waals surface area (Å²) in [6.45, 7) is 2.22. The zero-order chi connectivity index (χ0) is 19.0. The van der Waals surface area contributed by atoms with Crippen molar-refractivity contribution in [3.63, 3.8) is 0 Å². The van der Waals surface area contributed by atoms with Crippen molar-refractivity contribution in [3.8, 4) is 10.7 Å². The second-order valence-electron chi connectivity index (χ2n) is 5.93. The molecule has 0 unspecified atom stereocenters. The summed E-state index contributed by atoms with van der Waals surface area (Å²) in [5.74, 6) is 0.231. The van der Waals surface area contributed by atoms with Crippen molar-refractivity contribution >= 4 is 33.9 Å². The van der Waals surface area contributed by atoms with Crippen molar-refractivity contribution < 1.29 is 4.39 Å². The lowest BCUT2D eigenvalue weighted by Crippen LogP contribution is -2.04. The molecule has 1 aromatic carbocycles. The van der Waals surface area contributed by atoms with Crippen LogP contribution in [-0.2, 0) is 13.6 Å². The van der Waals surface area contributed by atoms with Crippen molar-refractivity contribution in [2.45, 2.75) is 13.5 Å². The number of anilines is 2. The topological polar surface area (TPSA) is 73.5 Å². The predicted molar refractivity (Wildman–Crippen MR) is 103 cm³/mol. The first-order valence-electron chi connectivity index (χ1n) is 8.07. The first-order valence-corrected chi connectivity index (χ1v) is 9.27. The van der Waals surface area contributed by atoms with E-state index >= 15 is 0 Å². The van der Waals surface area contributed by atoms with Gasteiger partial charge >= 0.3 is 0 Å². The molecular formula is C17H15ClFN7S. The van der Waals surface area contributed by atoms with Crippen LogP contribution < -0.4 is 5.32 Å². The van der Waals surface area contributed by atoms with E-state index in [2.05, 4.69) is 25.7 Å². The monoisotopic (exact) mass is 403 g/mol. The normalized spacial score (nSPS) is 11.1. The third-order valence-electron chi connectivity index (χ3n) is 4.02. The molecule has 0 aliphatic carbocycles. The largest absolute Gasteiger partial charge is 0.313 e. The molecule has 0 spiro atoms. The molecule has 0 aliphatic heterocycles. The van der Waals surface area contributed by atoms with Gasteiger partial charge in [-0.2, -0.15) is 10.2 Å². The Morgan fingerprint density at radius 3 is 2.81 bits per heavy atom. The van der Waals surface area contributed by atoms with Gasteiger partial charge in [0.1, 0.15) is 11.5 Å². The Balaban J connectivity index is 1.48. The van der Waals surface area contributed by atoms with Crippen LogP contribution in [0, 0.1) is 12.7 Å². The molecule has 27 heavy (non-hydrogen) atoms. The predicted octanol–water partition coefficient (Wildman–Crippen LogP) is 4.03. The summed E-state index contributed by atoms with van der Waals surface area (Å²) in [7, 11) is 1.88. The molecule has 0 aliphatic rings. The molecule has 0 amide bonds. The summed E-state index contributed by atoms with van der Waals surface area (Å²) in [5, 5.41) is 21.9. The minimum absolute atomic E-state index is 0.238. The molecular weight excluding hydrogens is 389 g/mol. The average molecular weight is 404 g/mol. The molecule has 3 heterocycles. The summed E-state index contributed by atoms with van der Waals surface area (Å²) in [4.78, 5) is 0. The van der Waals surface area contributed by atoms with Gasteiger partial charge in [-0.3, -0.25) is 9.36 Å². The molecule has 1 N–H and O–H groups in total. The molecule has 4 rings (SSSR count). The van der Waals surface area contributed by atoms with E-state index in [9.17, 15) is 4.39 Å². The maximum atomic E-state index is 13.9. The zero-order valence-corrected chi connectivity index (χ0v) is 16.1. The van der Waals surface area contributed by atoms with Crippen molar-refractivity contribution in [1.82, 2.24) is 29.8 Å². The number of nitrogens with one attached hydrogen (secondary N) is 1. The van der Waals surface area contributed by atoms with Gasteiger partial charge in [0.15, 0.2) is 10.8 Å². The fourth-order valence-electron chi connectivity index (χ4n) is 2.51. The third-order valence-corrected chi connectivity index (χ3v) is 5.23. The van der Waals surface area contributed by atoms with Gasteiger partial charge in [0, 0.05) is 35.6 Å². The van der Waals surface area contributed by atoms with E-state index in [0.717, 1.165) is 16.4 Å². The van der Waals surface area contributed by atoms with Crippen LogP contribution in [0.2, 0.25) is 5.02 Å². The van der Waals surface area contributed by atoms with Crippen LogP contribution in [0.1, 0.15) is 11.3 Å². The Kier molecular flexibility index (Phi) is 4.63. The SMILES string of the molecule is Cc1cc(-c2nnc(Nc3ccn(Cc4c(F)cccc4Cl)n3)s2)nn1C. The zero-order valence-electron chi connectivity index (χ0n) is 14.5. The van der Waals surface area contributed by atoms with Crippen molar-refractivity contribution in [2.24, 2.45) is 7.05 Å². The van der Waals surface area contributed by atoms with Crippen molar-refractivity contribution in [1.29, 1.82) is 0 Å². The van der Waals surface area contributed by atoms with Gasteiger partial charge in [0.25, 0.3) is 0 Å². The van der Waals surface area contributed by atoms with Gasteiger partial charge in [-0.25, -0.2) is 4.39 Å². The lowest BCUT2D eigenvalue weighted by atomic mass is 10.2. The average Bonchev–Trinajstić information content (AvgIpc) is 3.34. The van der Waals surface area contributed by atoms with E-state index < -0.39 is 0 Å². The number of aromatic nitrogens is 6. The summed E-state index contributed by atoms with van der Waals surface area (Å²) in [6.07, 6.45) is 1.75. The smallest absolute Gasteiger partial charge is 0.211 e. The van der Waals surface area contributed by atoms with Crippen molar-refractivity contribution in [3.05, 3.63) is 58.6 Å². The van der Waals surface area contributed by atoms with E-state index in [-0.39, 0.29) is 12.4 Å². The summed E-state index contributed by atoms with van der Waals surface area (Å²) in [6, 6.07) is 8.35. The van der Waals surface area contributed by atoms with Crippen LogP contribution in [0.15, 0.2) is 36.5 Å². The Morgan fingerprint density at radius 1 is 1.22 bits per heavy atom. The number of hydrogen-bond donors (Lipinski definition) is 1. The maximum absolute atomic E-state index is 13.9. The Bertz CT molecular complexity index is 1060. The number of benzene rings is 1. The van der Waals surface area contributed by atoms with Crippen LogP contribution >= 0.6 is 22.9 Å². The summed E-state index contributed by atoms with van der Waals surface area (Å²) in [5.41, 5.74) is 2.22. The lowest BCUT2D eigenvalue weighted by Gasteiger charge is -2.05. The fourth-order valence-corrected chi connectivity index (χ4v) is 3.44. The molecule has 10 heteroatoms. The first-order chi connectivity index (χ1) is 13.0. The Hall–Kier alpha value is -2.78. The van der Waals surface area contributed by atoms with Crippen LogP contribution in [0.3, 0.4) is 0 Å². The second kappa shape index (κ2) is 7.09. The van der Waals surface area contributed by atoms with E-state index in [0.29, 0.717) is 21.5 Å². The van der Waals surface area contributed by atoms with E-state index in [1.165, 1.54) is 17.4 Å². The number of aryl methyl sites for hydroxylation is 2. The van der Waals surface area contributed by atoms with Crippen LogP contribution in [0.5, 0.6) is 0 Å². The van der Waals surface area contributed by atoms with Crippen molar-refractivity contribution in [2.75, 3.05) is 5.32 Å². The molecule has 0 saturated heterocycles. The molecule has 3 aromatic heterocycles. The molecule has 0 saturated carbocycles. The first kappa shape index (κ1) is 17.6. The molecule has 0 fully saturated rings. The van der Waals surface area contributed by atoms with Gasteiger partial charge in [0.2, 0.25) is 5.13 Å². The molecule has 0 bridgehead atoms. The minimum atomic E-state index is -0.355. The molecule has 0 radical (unpaired) electrons. The highest BCUT2D eigenvalue weighted by Crippen LogP contribution is 2.27. The molecule has 138 valence electrons. The summed E-state index contributed by atoms with van der Waals surface area (Å²) < 4.78 is 17.3. The third kappa shape index (κ3) is 3.69. The number of halogens is 2. The van der Waals surface area contributed by atoms with Crippen LogP contribution in [0.25, 0.3) is 10.7 Å². The van der Waals surface area contributed by atoms with E-state index in [1.54, 1.807) is 33.8 Å². The highest BCUT2D eigenvalue weighted by atomic mass is 35.5. The number of nitrogens with zero attached hydrogens (tertiary/aromatic N) is 6. The fraction of sp³-hybridized carbons (Fsp3) is 0.176. The van der Waals surface area contributed by atoms with Gasteiger partial charge in [-0.05, 0) is 25.1 Å². The van der Waals surface area contributed by atoms with E-state index in [1.807, 2.05) is 20.0 Å². The highest BCUT2D eigenvalue weighted by Gasteiger charge is 2.13. The molecule has 4 aromatic rings. The Labute approximate surface area is 163 Å². The molecule has 7 nitrogen and oxygen atoms in total. The minimum Gasteiger partial charge on any atom is -0.313 e. The highest BCUT2D eigenvalue weighted by molar-refractivity contribution is 7.18. The van der Waals surface area contributed by atoms with Gasteiger partial charge in [0.05, 0.1) is 6.54 Å². The van der Waals surface area contributed by atoms with Gasteiger partial charge < -0.3 is 5.32 Å². The lowest BCUT2D eigenvalue weighted by molar-refractivity contribution is 0.586. The Morgan fingerprint density at radius 2 is 2.07 bits per heavy atom. The standard InChI is InChI=1S/C17H15ClFN7S/c1-10-8-14(23-25(10)2)16-21-22-17(27-16)20-15-6-7-26(24-15)9-11-12(18)4-3-5-13(11)19/h3-8H,9H2,1-2H3,(H,20,22,24). The van der Waals surface area contributed by atoms with E-state index in [4.69, 9.17) is 11.6 Å². The molecule has 0 atom stereocenters. The number of hydrogen-bond acceptors (Lipinski definition) is 6. The number of rotatable bonds is 5. The van der Waals surface area contributed by atoms with Crippen LogP contribution in [0.4, 0.5) is 15.3 Å². The maximum Gasteiger partial charge on any atom is 0.211 e. The quantitative estimate of drug-likeness (QED) is 0.544. The van der Waals surface area contributed by atoms with Gasteiger partial charge in [-0.15, -0.1) is 10.2 Å². The summed E-state index contributed by atoms with van der Waals surface area (Å²) >= 11 is 7.45. The van der Waals surface area contributed by atoms with Crippen LogP contribution in [-0.4, -0.2) is 29.8 Å². The van der Waals surface area contributed by atoms with Gasteiger partial charge in [-0.1, -0.05) is 29.0 Å². The second-order valence-corrected chi connectivity index (χ2v) is 7.32.